The van der Waals surface area contributed by atoms with Gasteiger partial charge in [-0.15, -0.1) is 0 Å². The Kier molecular flexibility index (Phi) is 5.75. The first-order valence-electron chi connectivity index (χ1n) is 7.03. The van der Waals surface area contributed by atoms with Crippen molar-refractivity contribution in [3.05, 3.63) is 58.9 Å². The quantitative estimate of drug-likeness (QED) is 0.365. The Labute approximate surface area is 143 Å². The molecular formula is C16H11F5N2O3. The maximum Gasteiger partial charge on any atom is 0.340 e. The standard InChI is InChI=1S/C16H11F5N2O3/c1-22-8-5-3-2-4-7(8)16(25)26-6-9(24)23-15-13(20)11(18)10(17)12(19)14(15)21/h2-5,22H,6H2,1H3,(H,23,24). The molecule has 0 unspecified atom stereocenters. The fourth-order valence-corrected chi connectivity index (χ4v) is 1.98. The molecule has 0 aliphatic rings. The lowest BCUT2D eigenvalue weighted by molar-refractivity contribution is -0.119. The third-order valence-corrected chi connectivity index (χ3v) is 3.22. The first kappa shape index (κ1) is 19.2. The number of nitrogens with one attached hydrogen (secondary N) is 2. The highest BCUT2D eigenvalue weighted by Crippen LogP contribution is 2.27. The van der Waals surface area contributed by atoms with Crippen LogP contribution in [0.2, 0.25) is 0 Å². The van der Waals surface area contributed by atoms with Crippen molar-refractivity contribution in [3.8, 4) is 0 Å². The minimum atomic E-state index is -2.35. The molecule has 0 atom stereocenters. The van der Waals surface area contributed by atoms with Gasteiger partial charge in [-0.3, -0.25) is 4.79 Å². The Hall–Kier alpha value is -3.17. The highest BCUT2D eigenvalue weighted by molar-refractivity contribution is 5.98. The van der Waals surface area contributed by atoms with Gasteiger partial charge in [0.1, 0.15) is 5.69 Å². The number of carbonyl (C=O) groups excluding carboxylic acids is 2. The minimum Gasteiger partial charge on any atom is -0.452 e. The number of ether oxygens (including phenoxy) is 1. The first-order chi connectivity index (χ1) is 12.3. The van der Waals surface area contributed by atoms with Crippen molar-refractivity contribution in [2.45, 2.75) is 0 Å². The van der Waals surface area contributed by atoms with Crippen molar-refractivity contribution in [2.24, 2.45) is 0 Å². The van der Waals surface area contributed by atoms with Crippen molar-refractivity contribution in [3.63, 3.8) is 0 Å². The molecule has 2 aromatic rings. The van der Waals surface area contributed by atoms with Crippen LogP contribution in [0.1, 0.15) is 10.4 Å². The molecule has 0 saturated carbocycles. The summed E-state index contributed by atoms with van der Waals surface area (Å²) >= 11 is 0. The predicted molar refractivity (Wildman–Crippen MR) is 81.1 cm³/mol. The molecule has 0 bridgehead atoms. The maximum absolute atomic E-state index is 13.5. The predicted octanol–water partition coefficient (Wildman–Crippen LogP) is 3.22. The molecular weight excluding hydrogens is 363 g/mol. The largest absolute Gasteiger partial charge is 0.452 e. The van der Waals surface area contributed by atoms with Gasteiger partial charge in [-0.25, -0.2) is 26.7 Å². The number of hydrogen-bond donors (Lipinski definition) is 2. The molecule has 138 valence electrons. The van der Waals surface area contributed by atoms with Crippen LogP contribution in [0, 0.1) is 29.1 Å². The number of esters is 1. The van der Waals surface area contributed by atoms with E-state index in [1.807, 2.05) is 0 Å². The number of halogens is 5. The lowest BCUT2D eigenvalue weighted by Crippen LogP contribution is -2.23. The second kappa shape index (κ2) is 7.81. The monoisotopic (exact) mass is 374 g/mol. The van der Waals surface area contributed by atoms with Gasteiger partial charge in [0.25, 0.3) is 5.91 Å². The third kappa shape index (κ3) is 3.73. The molecule has 0 aromatic heterocycles. The van der Waals surface area contributed by atoms with Crippen LogP contribution in [-0.4, -0.2) is 25.5 Å². The van der Waals surface area contributed by atoms with Crippen LogP contribution in [-0.2, 0) is 9.53 Å². The second-order valence-corrected chi connectivity index (χ2v) is 4.86. The highest BCUT2D eigenvalue weighted by atomic mass is 19.2. The number of hydrogen-bond acceptors (Lipinski definition) is 4. The van der Waals surface area contributed by atoms with E-state index in [0.29, 0.717) is 5.69 Å². The zero-order valence-electron chi connectivity index (χ0n) is 13.1. The van der Waals surface area contributed by atoms with Crippen LogP contribution in [0.3, 0.4) is 0 Å². The second-order valence-electron chi connectivity index (χ2n) is 4.86. The van der Waals surface area contributed by atoms with Gasteiger partial charge in [-0.2, -0.15) is 0 Å². The Morgan fingerprint density at radius 3 is 2.04 bits per heavy atom. The number of para-hydroxylation sites is 1. The van der Waals surface area contributed by atoms with Crippen LogP contribution in [0.15, 0.2) is 24.3 Å². The fourth-order valence-electron chi connectivity index (χ4n) is 1.98. The van der Waals surface area contributed by atoms with Gasteiger partial charge in [-0.05, 0) is 12.1 Å². The fraction of sp³-hybridized carbons (Fsp3) is 0.125. The summed E-state index contributed by atoms with van der Waals surface area (Å²) in [7, 11) is 1.54. The van der Waals surface area contributed by atoms with Crippen LogP contribution in [0.25, 0.3) is 0 Å². The first-order valence-corrected chi connectivity index (χ1v) is 7.03. The Bertz CT molecular complexity index is 844. The average molecular weight is 374 g/mol. The Morgan fingerprint density at radius 1 is 0.923 bits per heavy atom. The molecule has 5 nitrogen and oxygen atoms in total. The molecule has 0 aliphatic carbocycles. The zero-order valence-corrected chi connectivity index (χ0v) is 13.1. The summed E-state index contributed by atoms with van der Waals surface area (Å²) in [6, 6.07) is 6.13. The summed E-state index contributed by atoms with van der Waals surface area (Å²) in [5.74, 6) is -13.4. The molecule has 0 spiro atoms. The van der Waals surface area contributed by atoms with Gasteiger partial charge in [-0.1, -0.05) is 12.1 Å². The summed E-state index contributed by atoms with van der Waals surface area (Å²) in [5, 5.41) is 4.21. The van der Waals surface area contributed by atoms with Crippen LogP contribution >= 0.6 is 0 Å². The zero-order chi connectivity index (χ0) is 19.4. The molecule has 0 radical (unpaired) electrons. The van der Waals surface area contributed by atoms with Crippen molar-refractivity contribution >= 4 is 23.3 Å². The van der Waals surface area contributed by atoms with E-state index in [1.165, 1.54) is 17.4 Å². The topological polar surface area (TPSA) is 67.4 Å². The minimum absolute atomic E-state index is 0.0824. The van der Waals surface area contributed by atoms with Gasteiger partial charge in [0, 0.05) is 12.7 Å². The molecule has 2 N–H and O–H groups in total. The van der Waals surface area contributed by atoms with E-state index in [-0.39, 0.29) is 5.56 Å². The Morgan fingerprint density at radius 2 is 1.46 bits per heavy atom. The lowest BCUT2D eigenvalue weighted by atomic mass is 10.2. The molecule has 2 rings (SSSR count). The molecule has 0 heterocycles. The van der Waals surface area contributed by atoms with E-state index in [2.05, 4.69) is 10.1 Å². The summed E-state index contributed by atoms with van der Waals surface area (Å²) in [6.07, 6.45) is 0. The van der Waals surface area contributed by atoms with Gasteiger partial charge < -0.3 is 15.4 Å². The van der Waals surface area contributed by atoms with E-state index < -0.39 is 53.3 Å². The molecule has 0 fully saturated rings. The lowest BCUT2D eigenvalue weighted by Gasteiger charge is -2.11. The normalized spacial score (nSPS) is 10.4. The average Bonchev–Trinajstić information content (AvgIpc) is 2.66. The molecule has 1 amide bonds. The number of carbonyl (C=O) groups is 2. The summed E-state index contributed by atoms with van der Waals surface area (Å²) in [6.45, 7) is -1.00. The van der Waals surface area contributed by atoms with E-state index in [0.717, 1.165) is 0 Å². The van der Waals surface area contributed by atoms with Crippen LogP contribution < -0.4 is 10.6 Å². The highest BCUT2D eigenvalue weighted by Gasteiger charge is 2.27. The molecule has 0 aliphatic heterocycles. The van der Waals surface area contributed by atoms with E-state index in [4.69, 9.17) is 0 Å². The van der Waals surface area contributed by atoms with Crippen molar-refractivity contribution in [1.29, 1.82) is 0 Å². The smallest absolute Gasteiger partial charge is 0.340 e. The molecule has 10 heteroatoms. The van der Waals surface area contributed by atoms with Crippen molar-refractivity contribution in [2.75, 3.05) is 24.3 Å². The van der Waals surface area contributed by atoms with Gasteiger partial charge in [0.05, 0.1) is 5.56 Å². The van der Waals surface area contributed by atoms with Crippen LogP contribution in [0.5, 0.6) is 0 Å². The summed E-state index contributed by atoms with van der Waals surface area (Å²) in [5.41, 5.74) is -1.05. The van der Waals surface area contributed by atoms with Crippen molar-refractivity contribution in [1.82, 2.24) is 0 Å². The SMILES string of the molecule is CNc1ccccc1C(=O)OCC(=O)Nc1c(F)c(F)c(F)c(F)c1F. The molecule has 0 saturated heterocycles. The third-order valence-electron chi connectivity index (χ3n) is 3.22. The Balaban J connectivity index is 2.10. The van der Waals surface area contributed by atoms with E-state index in [1.54, 1.807) is 19.2 Å². The van der Waals surface area contributed by atoms with Gasteiger partial charge in [0.2, 0.25) is 5.82 Å². The molecule has 26 heavy (non-hydrogen) atoms. The van der Waals surface area contributed by atoms with Crippen molar-refractivity contribution < 1.29 is 36.3 Å². The van der Waals surface area contributed by atoms with Crippen LogP contribution in [0.4, 0.5) is 33.3 Å². The van der Waals surface area contributed by atoms with E-state index in [9.17, 15) is 31.5 Å². The number of benzene rings is 2. The van der Waals surface area contributed by atoms with Gasteiger partial charge >= 0.3 is 5.97 Å². The summed E-state index contributed by atoms with van der Waals surface area (Å²) in [4.78, 5) is 23.5. The van der Waals surface area contributed by atoms with Gasteiger partial charge in [0.15, 0.2) is 29.9 Å². The maximum atomic E-state index is 13.5. The number of anilines is 2. The molecule has 2 aromatic carbocycles. The van der Waals surface area contributed by atoms with E-state index >= 15 is 0 Å². The number of amides is 1. The number of rotatable bonds is 5. The summed E-state index contributed by atoms with van der Waals surface area (Å²) < 4.78 is 70.7.